The van der Waals surface area contributed by atoms with Crippen molar-refractivity contribution in [2.24, 2.45) is 17.8 Å². The topological polar surface area (TPSA) is 40.5 Å². The molecule has 1 amide bonds. The first-order chi connectivity index (χ1) is 8.61. The zero-order chi connectivity index (χ0) is 13.1. The molecule has 3 nitrogen and oxygen atoms in total. The van der Waals surface area contributed by atoms with Gasteiger partial charge in [0.1, 0.15) is 0 Å². The Morgan fingerprint density at radius 3 is 2.44 bits per heavy atom. The Morgan fingerprint density at radius 2 is 1.89 bits per heavy atom. The average molecular weight is 253 g/mol. The van der Waals surface area contributed by atoms with Crippen molar-refractivity contribution in [3.8, 4) is 0 Å². The van der Waals surface area contributed by atoms with Crippen LogP contribution in [0.3, 0.4) is 0 Å². The van der Waals surface area contributed by atoms with Crippen LogP contribution < -0.4 is 0 Å². The summed E-state index contributed by atoms with van der Waals surface area (Å²) in [4.78, 5) is 14.3. The van der Waals surface area contributed by atoms with E-state index in [4.69, 9.17) is 0 Å². The lowest BCUT2D eigenvalue weighted by Crippen LogP contribution is -2.48. The van der Waals surface area contributed by atoms with Crippen LogP contribution in [0.5, 0.6) is 0 Å². The molecule has 0 bridgehead atoms. The van der Waals surface area contributed by atoms with Crippen LogP contribution in [0.4, 0.5) is 0 Å². The number of nitrogens with zero attached hydrogens (tertiary/aromatic N) is 1. The quantitative estimate of drug-likeness (QED) is 0.821. The second-order valence-corrected chi connectivity index (χ2v) is 6.24. The van der Waals surface area contributed by atoms with Crippen molar-refractivity contribution >= 4 is 5.91 Å². The third kappa shape index (κ3) is 3.05. The van der Waals surface area contributed by atoms with Crippen LogP contribution in [0, 0.1) is 17.8 Å². The van der Waals surface area contributed by atoms with Gasteiger partial charge in [0.05, 0.1) is 6.10 Å². The molecule has 1 saturated heterocycles. The van der Waals surface area contributed by atoms with Crippen molar-refractivity contribution in [3.63, 3.8) is 0 Å². The molecule has 18 heavy (non-hydrogen) atoms. The van der Waals surface area contributed by atoms with Gasteiger partial charge in [0.2, 0.25) is 5.91 Å². The van der Waals surface area contributed by atoms with Crippen LogP contribution in [-0.2, 0) is 4.79 Å². The molecule has 0 unspecified atom stereocenters. The minimum Gasteiger partial charge on any atom is -0.391 e. The van der Waals surface area contributed by atoms with Gasteiger partial charge in [-0.1, -0.05) is 20.3 Å². The first-order valence-corrected chi connectivity index (χ1v) is 7.58. The summed E-state index contributed by atoms with van der Waals surface area (Å²) in [5.41, 5.74) is 0. The Morgan fingerprint density at radius 1 is 1.22 bits per heavy atom. The van der Waals surface area contributed by atoms with Gasteiger partial charge in [0, 0.05) is 19.0 Å². The molecule has 2 atom stereocenters. The summed E-state index contributed by atoms with van der Waals surface area (Å²) in [5.74, 6) is 1.70. The van der Waals surface area contributed by atoms with Crippen molar-refractivity contribution in [3.05, 3.63) is 0 Å². The lowest BCUT2D eigenvalue weighted by Gasteiger charge is -2.37. The van der Waals surface area contributed by atoms with Gasteiger partial charge >= 0.3 is 0 Å². The third-order valence-electron chi connectivity index (χ3n) is 5.00. The van der Waals surface area contributed by atoms with E-state index in [1.165, 1.54) is 19.3 Å². The Bertz CT molecular complexity index is 284. The fourth-order valence-electron chi connectivity index (χ4n) is 3.32. The summed E-state index contributed by atoms with van der Waals surface area (Å²) in [6.45, 7) is 5.70. The van der Waals surface area contributed by atoms with Crippen molar-refractivity contribution in [2.45, 2.75) is 58.5 Å². The third-order valence-corrected chi connectivity index (χ3v) is 5.00. The zero-order valence-corrected chi connectivity index (χ0v) is 11.8. The van der Waals surface area contributed by atoms with Gasteiger partial charge in [-0.05, 0) is 43.9 Å². The summed E-state index contributed by atoms with van der Waals surface area (Å²) < 4.78 is 0. The Kier molecular flexibility index (Phi) is 4.66. The van der Waals surface area contributed by atoms with E-state index in [0.717, 1.165) is 31.7 Å². The number of hydrogen-bond donors (Lipinski definition) is 1. The number of rotatable bonds is 2. The summed E-state index contributed by atoms with van der Waals surface area (Å²) >= 11 is 0. The van der Waals surface area contributed by atoms with E-state index in [1.807, 2.05) is 4.90 Å². The van der Waals surface area contributed by atoms with E-state index in [2.05, 4.69) is 13.8 Å². The van der Waals surface area contributed by atoms with Crippen LogP contribution in [0.15, 0.2) is 0 Å². The normalized spacial score (nSPS) is 37.6. The number of amides is 1. The van der Waals surface area contributed by atoms with Crippen molar-refractivity contribution in [2.75, 3.05) is 13.1 Å². The highest BCUT2D eigenvalue weighted by molar-refractivity contribution is 5.79. The van der Waals surface area contributed by atoms with Crippen LogP contribution >= 0.6 is 0 Å². The number of carbonyl (C=O) groups excluding carboxylic acids is 1. The molecule has 0 aromatic carbocycles. The zero-order valence-electron chi connectivity index (χ0n) is 11.8. The summed E-state index contributed by atoms with van der Waals surface area (Å²) in [5, 5.41) is 9.88. The molecule has 1 aliphatic heterocycles. The first-order valence-electron chi connectivity index (χ1n) is 7.58. The molecule has 2 aliphatic rings. The maximum atomic E-state index is 12.4. The first kappa shape index (κ1) is 13.9. The van der Waals surface area contributed by atoms with Gasteiger partial charge in [0.15, 0.2) is 0 Å². The fraction of sp³-hybridized carbons (Fsp3) is 0.933. The molecule has 104 valence electrons. The van der Waals surface area contributed by atoms with Crippen LogP contribution in [0.2, 0.25) is 0 Å². The molecule has 1 N–H and O–H groups in total. The standard InChI is InChI=1S/C15H27NO2/c1-3-12-4-6-13(7-5-12)15(18)16-9-8-11(2)14(17)10-16/h11-14,17H,3-10H2,1-2H3/t11-,12?,13?,14-/m1/s1. The Balaban J connectivity index is 1.84. The van der Waals surface area contributed by atoms with E-state index in [1.54, 1.807) is 0 Å². The Labute approximate surface area is 111 Å². The second kappa shape index (κ2) is 6.05. The minimum atomic E-state index is -0.324. The van der Waals surface area contributed by atoms with Crippen molar-refractivity contribution < 1.29 is 9.90 Å². The fourth-order valence-corrected chi connectivity index (χ4v) is 3.32. The van der Waals surface area contributed by atoms with Crippen molar-refractivity contribution in [1.29, 1.82) is 0 Å². The lowest BCUT2D eigenvalue weighted by molar-refractivity contribution is -0.141. The molecule has 2 fully saturated rings. The van der Waals surface area contributed by atoms with Crippen LogP contribution in [0.25, 0.3) is 0 Å². The number of piperidine rings is 1. The average Bonchev–Trinajstić information content (AvgIpc) is 2.41. The molecule has 0 radical (unpaired) electrons. The van der Waals surface area contributed by atoms with E-state index >= 15 is 0 Å². The number of aliphatic hydroxyl groups is 1. The highest BCUT2D eigenvalue weighted by atomic mass is 16.3. The number of hydrogen-bond acceptors (Lipinski definition) is 2. The molecule has 3 heteroatoms. The van der Waals surface area contributed by atoms with E-state index in [0.29, 0.717) is 18.4 Å². The number of aliphatic hydroxyl groups excluding tert-OH is 1. The largest absolute Gasteiger partial charge is 0.391 e. The maximum Gasteiger partial charge on any atom is 0.225 e. The molecular formula is C15H27NO2. The molecule has 0 spiro atoms. The molecule has 2 rings (SSSR count). The predicted octanol–water partition coefficient (Wildman–Crippen LogP) is 2.43. The molecule has 1 saturated carbocycles. The van der Waals surface area contributed by atoms with Gasteiger partial charge in [-0.2, -0.15) is 0 Å². The minimum absolute atomic E-state index is 0.230. The Hall–Kier alpha value is -0.570. The van der Waals surface area contributed by atoms with Gasteiger partial charge in [-0.3, -0.25) is 4.79 Å². The second-order valence-electron chi connectivity index (χ2n) is 6.24. The van der Waals surface area contributed by atoms with Gasteiger partial charge in [-0.25, -0.2) is 0 Å². The van der Waals surface area contributed by atoms with E-state index < -0.39 is 0 Å². The smallest absolute Gasteiger partial charge is 0.225 e. The van der Waals surface area contributed by atoms with Gasteiger partial charge in [0.25, 0.3) is 0 Å². The molecule has 1 aliphatic carbocycles. The molecule has 0 aromatic heterocycles. The lowest BCUT2D eigenvalue weighted by atomic mass is 9.80. The number of likely N-dealkylation sites (tertiary alicyclic amines) is 1. The van der Waals surface area contributed by atoms with Crippen LogP contribution in [-0.4, -0.2) is 35.1 Å². The SMILES string of the molecule is CCC1CCC(C(=O)N2CC[C@@H](C)[C@H](O)C2)CC1. The summed E-state index contributed by atoms with van der Waals surface area (Å²) in [6.07, 6.45) is 6.39. The van der Waals surface area contributed by atoms with Crippen LogP contribution in [0.1, 0.15) is 52.4 Å². The summed E-state index contributed by atoms with van der Waals surface area (Å²) in [6, 6.07) is 0. The molecule has 0 aromatic rings. The van der Waals surface area contributed by atoms with E-state index in [-0.39, 0.29) is 12.0 Å². The summed E-state index contributed by atoms with van der Waals surface area (Å²) in [7, 11) is 0. The number of carbonyl (C=O) groups is 1. The predicted molar refractivity (Wildman–Crippen MR) is 72.1 cm³/mol. The van der Waals surface area contributed by atoms with Crippen molar-refractivity contribution in [1.82, 2.24) is 4.90 Å². The molecular weight excluding hydrogens is 226 g/mol. The monoisotopic (exact) mass is 253 g/mol. The van der Waals surface area contributed by atoms with Gasteiger partial charge < -0.3 is 10.0 Å². The maximum absolute atomic E-state index is 12.4. The molecule has 1 heterocycles. The highest BCUT2D eigenvalue weighted by Crippen LogP contribution is 2.32. The van der Waals surface area contributed by atoms with Gasteiger partial charge in [-0.15, -0.1) is 0 Å². The number of β-amino-alcohol motifs (C(OH)–C–C–N with tert-alkyl or cyclic N) is 1. The highest BCUT2D eigenvalue weighted by Gasteiger charge is 2.33. The van der Waals surface area contributed by atoms with E-state index in [9.17, 15) is 9.90 Å².